The van der Waals surface area contributed by atoms with Gasteiger partial charge in [0.15, 0.2) is 11.1 Å². The molecule has 0 bridgehead atoms. The molecule has 8 nitrogen and oxygen atoms in total. The lowest BCUT2D eigenvalue weighted by atomic mass is 10.0. The average Bonchev–Trinajstić information content (AvgIpc) is 2.83. The molecule has 4 aromatic rings. The number of nitrogen functional groups attached to an aromatic ring is 1. The van der Waals surface area contributed by atoms with Crippen molar-refractivity contribution in [2.45, 2.75) is 24.6 Å². The molecular formula is C25H26N6O2S. The Labute approximate surface area is 200 Å². The molecule has 0 amide bonds. The third-order valence-corrected chi connectivity index (χ3v) is 6.67. The molecule has 34 heavy (non-hydrogen) atoms. The first kappa shape index (κ1) is 22.4. The zero-order chi connectivity index (χ0) is 23.7. The van der Waals surface area contributed by atoms with Crippen LogP contribution in [-0.4, -0.2) is 42.8 Å². The highest BCUT2D eigenvalue weighted by atomic mass is 32.2. The van der Waals surface area contributed by atoms with Crippen LogP contribution < -0.4 is 16.4 Å². The van der Waals surface area contributed by atoms with Crippen LogP contribution in [0.1, 0.15) is 18.4 Å². The second-order valence-corrected chi connectivity index (χ2v) is 9.50. The Balaban J connectivity index is 1.56. The smallest absolute Gasteiger partial charge is 0.157 e. The highest BCUT2D eigenvalue weighted by molar-refractivity contribution is 7.78. The van der Waals surface area contributed by atoms with E-state index in [9.17, 15) is 8.76 Å². The van der Waals surface area contributed by atoms with Crippen LogP contribution in [0.4, 0.5) is 11.4 Å². The Morgan fingerprint density at radius 1 is 1.12 bits per heavy atom. The van der Waals surface area contributed by atoms with Gasteiger partial charge in [-0.25, -0.2) is 9.19 Å². The SMILES string of the molecule is Nc1ccc(-c2cccc(CS(=O)O)c2)nc1-c1cc2c(N3CCC[C@H](N)C3)ccnc2cn1. The van der Waals surface area contributed by atoms with E-state index in [-0.39, 0.29) is 11.8 Å². The standard InChI is InChI=1S/C25H26N6O2S/c26-18-5-2-10-31(14-18)24-8-9-28-23-13-29-22(12-19(23)24)25-20(27)6-7-21(30-25)17-4-1-3-16(11-17)15-34(32)33/h1,3-4,6-9,11-13,18H,2,5,10,14-15,26-27H2,(H,32,33)/t18-/m0/s1. The highest BCUT2D eigenvalue weighted by Gasteiger charge is 2.20. The van der Waals surface area contributed by atoms with E-state index in [2.05, 4.69) is 14.9 Å². The number of piperidine rings is 1. The fourth-order valence-corrected chi connectivity index (χ4v) is 4.93. The number of hydrogen-bond donors (Lipinski definition) is 3. The molecule has 1 unspecified atom stereocenters. The van der Waals surface area contributed by atoms with Crippen molar-refractivity contribution in [1.29, 1.82) is 0 Å². The number of nitrogens with zero attached hydrogens (tertiary/aromatic N) is 4. The first-order chi connectivity index (χ1) is 16.5. The minimum atomic E-state index is -1.91. The minimum absolute atomic E-state index is 0.0673. The molecule has 5 rings (SSSR count). The van der Waals surface area contributed by atoms with Gasteiger partial charge in [0, 0.05) is 42.0 Å². The second kappa shape index (κ2) is 9.46. The van der Waals surface area contributed by atoms with Crippen molar-refractivity contribution in [2.75, 3.05) is 23.7 Å². The molecule has 0 aliphatic carbocycles. The zero-order valence-electron chi connectivity index (χ0n) is 18.6. The topological polar surface area (TPSA) is 131 Å². The van der Waals surface area contributed by atoms with E-state index in [0.717, 1.165) is 53.6 Å². The van der Waals surface area contributed by atoms with Crippen LogP contribution in [0.3, 0.4) is 0 Å². The number of nitrogens with two attached hydrogens (primary N) is 2. The number of anilines is 2. The van der Waals surface area contributed by atoms with E-state index >= 15 is 0 Å². The van der Waals surface area contributed by atoms with Crippen LogP contribution in [0.15, 0.2) is 60.9 Å². The minimum Gasteiger partial charge on any atom is -0.397 e. The third kappa shape index (κ3) is 4.63. The van der Waals surface area contributed by atoms with Crippen LogP contribution in [-0.2, 0) is 16.8 Å². The maximum absolute atomic E-state index is 11.2. The fourth-order valence-electron chi connectivity index (χ4n) is 4.47. The summed E-state index contributed by atoms with van der Waals surface area (Å²) in [5, 5.41) is 0.987. The predicted molar refractivity (Wildman–Crippen MR) is 137 cm³/mol. The van der Waals surface area contributed by atoms with Gasteiger partial charge < -0.3 is 20.9 Å². The van der Waals surface area contributed by atoms with Crippen molar-refractivity contribution in [3.05, 3.63) is 66.5 Å². The zero-order valence-corrected chi connectivity index (χ0v) is 19.4. The molecule has 3 aromatic heterocycles. The number of rotatable bonds is 5. The summed E-state index contributed by atoms with van der Waals surface area (Å²) in [5.41, 5.74) is 18.5. The molecule has 2 atom stereocenters. The van der Waals surface area contributed by atoms with Crippen LogP contribution >= 0.6 is 0 Å². The van der Waals surface area contributed by atoms with Crippen molar-refractivity contribution in [2.24, 2.45) is 5.73 Å². The van der Waals surface area contributed by atoms with Gasteiger partial charge in [0.1, 0.15) is 5.69 Å². The van der Waals surface area contributed by atoms with Crippen LogP contribution in [0.2, 0.25) is 0 Å². The summed E-state index contributed by atoms with van der Waals surface area (Å²) >= 11 is -1.91. The fraction of sp³-hybridized carbons (Fsp3) is 0.240. The monoisotopic (exact) mass is 474 g/mol. The molecule has 0 spiro atoms. The normalized spacial score (nSPS) is 17.1. The molecule has 4 heterocycles. The largest absolute Gasteiger partial charge is 0.397 e. The summed E-state index contributed by atoms with van der Waals surface area (Å²) in [5.74, 6) is 0.0673. The van der Waals surface area contributed by atoms with Crippen LogP contribution in [0, 0.1) is 0 Å². The van der Waals surface area contributed by atoms with Crippen LogP contribution in [0.25, 0.3) is 33.5 Å². The molecule has 1 fully saturated rings. The Bertz CT molecular complexity index is 1380. The van der Waals surface area contributed by atoms with Crippen molar-refractivity contribution < 1.29 is 8.76 Å². The van der Waals surface area contributed by atoms with E-state index in [0.29, 0.717) is 22.8 Å². The van der Waals surface area contributed by atoms with Crippen LogP contribution in [0.5, 0.6) is 0 Å². The summed E-state index contributed by atoms with van der Waals surface area (Å²) in [4.78, 5) is 16.2. The van der Waals surface area contributed by atoms with Gasteiger partial charge in [-0.2, -0.15) is 0 Å². The number of aromatic nitrogens is 3. The number of benzene rings is 1. The average molecular weight is 475 g/mol. The van der Waals surface area contributed by atoms with Gasteiger partial charge in [-0.3, -0.25) is 9.97 Å². The maximum Gasteiger partial charge on any atom is 0.157 e. The summed E-state index contributed by atoms with van der Waals surface area (Å²) < 4.78 is 20.5. The number of fused-ring (bicyclic) bond motifs is 1. The van der Waals surface area contributed by atoms with Gasteiger partial charge >= 0.3 is 0 Å². The Morgan fingerprint density at radius 3 is 2.82 bits per heavy atom. The molecule has 0 radical (unpaired) electrons. The molecule has 1 aromatic carbocycles. The summed E-state index contributed by atoms with van der Waals surface area (Å²) in [6.45, 7) is 1.76. The molecule has 1 saturated heterocycles. The van der Waals surface area contributed by atoms with Gasteiger partial charge in [0.2, 0.25) is 0 Å². The lowest BCUT2D eigenvalue weighted by molar-refractivity contribution is 0.507. The summed E-state index contributed by atoms with van der Waals surface area (Å²) in [7, 11) is 0. The van der Waals surface area contributed by atoms with Gasteiger partial charge in [-0.05, 0) is 48.7 Å². The van der Waals surface area contributed by atoms with Gasteiger partial charge in [-0.1, -0.05) is 18.2 Å². The van der Waals surface area contributed by atoms with E-state index in [1.807, 2.05) is 48.5 Å². The van der Waals surface area contributed by atoms with E-state index in [1.165, 1.54) is 0 Å². The van der Waals surface area contributed by atoms with Crippen molar-refractivity contribution in [3.63, 3.8) is 0 Å². The van der Waals surface area contributed by atoms with Gasteiger partial charge in [0.05, 0.1) is 34.5 Å². The lowest BCUT2D eigenvalue weighted by Gasteiger charge is -2.33. The highest BCUT2D eigenvalue weighted by Crippen LogP contribution is 2.32. The third-order valence-electron chi connectivity index (χ3n) is 6.09. The Morgan fingerprint density at radius 2 is 2.00 bits per heavy atom. The number of pyridine rings is 3. The van der Waals surface area contributed by atoms with Crippen molar-refractivity contribution in [1.82, 2.24) is 15.0 Å². The lowest BCUT2D eigenvalue weighted by Crippen LogP contribution is -2.42. The number of hydrogen-bond acceptors (Lipinski definition) is 7. The quantitative estimate of drug-likeness (QED) is 0.374. The molecule has 9 heteroatoms. The first-order valence-corrected chi connectivity index (χ1v) is 12.4. The molecule has 174 valence electrons. The summed E-state index contributed by atoms with van der Waals surface area (Å²) in [6, 6.07) is 15.3. The summed E-state index contributed by atoms with van der Waals surface area (Å²) in [6.07, 6.45) is 5.65. The van der Waals surface area contributed by atoms with E-state index in [1.54, 1.807) is 12.4 Å². The van der Waals surface area contributed by atoms with Crippen molar-refractivity contribution in [3.8, 4) is 22.6 Å². The molecule has 1 aliphatic rings. The second-order valence-electron chi connectivity index (χ2n) is 8.57. The Kier molecular flexibility index (Phi) is 6.23. The molecular weight excluding hydrogens is 448 g/mol. The van der Waals surface area contributed by atoms with Gasteiger partial charge in [-0.15, -0.1) is 0 Å². The molecule has 0 saturated carbocycles. The first-order valence-electron chi connectivity index (χ1n) is 11.2. The maximum atomic E-state index is 11.2. The van der Waals surface area contributed by atoms with Crippen molar-refractivity contribution >= 4 is 33.4 Å². The Hall–Kier alpha value is -3.40. The molecule has 1 aliphatic heterocycles. The van der Waals surface area contributed by atoms with E-state index in [4.69, 9.17) is 16.5 Å². The van der Waals surface area contributed by atoms with Gasteiger partial charge in [0.25, 0.3) is 0 Å². The molecule has 5 N–H and O–H groups in total. The predicted octanol–water partition coefficient (Wildman–Crippen LogP) is 3.59. The van der Waals surface area contributed by atoms with E-state index < -0.39 is 11.1 Å².